The highest BCUT2D eigenvalue weighted by Gasteiger charge is 1.67. The zero-order valence-electron chi connectivity index (χ0n) is 4.10. The topological polar surface area (TPSA) is 29.2 Å². The first kappa shape index (κ1) is 5.56. The Morgan fingerprint density at radius 3 is 2.17 bits per heavy atom. The van der Waals surface area contributed by atoms with Crippen molar-refractivity contribution in [2.24, 2.45) is 10.3 Å². The van der Waals surface area contributed by atoms with Crippen LogP contribution in [0.1, 0.15) is 0 Å². The van der Waals surface area contributed by atoms with Crippen LogP contribution in [0.2, 0.25) is 0 Å². The molecule has 0 rings (SSSR count). The maximum absolute atomic E-state index is 3.56. The summed E-state index contributed by atoms with van der Waals surface area (Å²) in [5, 5.41) is 7.76. The fraction of sp³-hybridized carbons (Fsp3) is 0.667. The van der Waals surface area contributed by atoms with Gasteiger partial charge in [-0.3, -0.25) is 0 Å². The minimum Gasteiger partial charge on any atom is -0.322 e. The van der Waals surface area contributed by atoms with E-state index in [0.717, 1.165) is 5.01 Å². The number of nitrogens with one attached hydrogen (secondary N) is 1. The predicted molar refractivity (Wildman–Crippen MR) is 23.0 cm³/mol. The lowest BCUT2D eigenvalue weighted by atomic mass is 11.2. The minimum atomic E-state index is 0.748. The largest absolute Gasteiger partial charge is 0.322 e. The third-order valence-electron chi connectivity index (χ3n) is 0.271. The molecule has 0 saturated carbocycles. The first-order valence-electron chi connectivity index (χ1n) is 1.72. The van der Waals surface area contributed by atoms with Crippen molar-refractivity contribution in [3.8, 4) is 0 Å². The van der Waals surface area contributed by atoms with E-state index in [4.69, 9.17) is 0 Å². The monoisotopic (exact) mass is 87.1 g/mol. The van der Waals surface area contributed by atoms with Gasteiger partial charge in [-0.15, -0.1) is 12.2 Å². The Kier molecular flexibility index (Phi) is 2.58. The molecule has 0 heterocycles. The second-order valence-corrected chi connectivity index (χ2v) is 1.04. The Labute approximate surface area is 37.6 Å². The molecule has 0 aliphatic rings. The molecule has 1 N–H and O–H groups in total. The highest BCUT2D eigenvalue weighted by Crippen LogP contribution is 1.44. The number of hydrogen-bond acceptors (Lipinski definition) is 2. The molecule has 0 bridgehead atoms. The molecule has 3 heteroatoms. The zero-order chi connectivity index (χ0) is 4.99. The van der Waals surface area contributed by atoms with Gasteiger partial charge in [0.2, 0.25) is 0 Å². The normalized spacial score (nSPS) is 15.8. The van der Waals surface area contributed by atoms with Crippen molar-refractivity contribution in [1.82, 2.24) is 0 Å². The average Bonchev–Trinajstić information content (AvgIpc) is 1.35. The van der Waals surface area contributed by atoms with E-state index >= 15 is 0 Å². The lowest BCUT2D eigenvalue weighted by Crippen LogP contribution is -2.97. The van der Waals surface area contributed by atoms with Crippen molar-refractivity contribution in [3.05, 3.63) is 7.05 Å². The quantitative estimate of drug-likeness (QED) is 0.249. The van der Waals surface area contributed by atoms with E-state index in [-0.39, 0.29) is 0 Å². The lowest BCUT2D eigenvalue weighted by molar-refractivity contribution is -0.844. The molecule has 0 aromatic carbocycles. The third-order valence-corrected chi connectivity index (χ3v) is 0.271. The van der Waals surface area contributed by atoms with Crippen LogP contribution in [0.15, 0.2) is 10.3 Å². The van der Waals surface area contributed by atoms with Crippen molar-refractivity contribution in [3.63, 3.8) is 0 Å². The number of quaternary nitrogens is 1. The van der Waals surface area contributed by atoms with Gasteiger partial charge in [-0.25, -0.2) is 0 Å². The van der Waals surface area contributed by atoms with Crippen LogP contribution in [0.5, 0.6) is 0 Å². The predicted octanol–water partition coefficient (Wildman–Crippen LogP) is -0.710. The molecule has 0 amide bonds. The molecule has 3 nitrogen and oxygen atoms in total. The van der Waals surface area contributed by atoms with Crippen molar-refractivity contribution in [2.75, 3.05) is 14.1 Å². The first-order chi connectivity index (χ1) is 2.77. The SMILES string of the molecule is [CH2-][NH+](C)N=NC. The zero-order valence-corrected chi connectivity index (χ0v) is 4.10. The molecule has 36 valence electrons. The first-order valence-corrected chi connectivity index (χ1v) is 1.72. The fourth-order valence-corrected chi connectivity index (χ4v) is 0.171. The summed E-state index contributed by atoms with van der Waals surface area (Å²) in [5.74, 6) is 0. The molecule has 0 saturated heterocycles. The van der Waals surface area contributed by atoms with Gasteiger partial charge in [0, 0.05) is 0 Å². The van der Waals surface area contributed by atoms with E-state index < -0.39 is 0 Å². The molecule has 6 heavy (non-hydrogen) atoms. The van der Waals surface area contributed by atoms with E-state index in [1.54, 1.807) is 14.1 Å². The van der Waals surface area contributed by atoms with Crippen LogP contribution in [-0.4, -0.2) is 14.1 Å². The minimum absolute atomic E-state index is 0.748. The van der Waals surface area contributed by atoms with Crippen LogP contribution in [0.25, 0.3) is 0 Å². The smallest absolute Gasteiger partial charge is 0.0671 e. The molecule has 0 spiro atoms. The van der Waals surface area contributed by atoms with Gasteiger partial charge in [0.1, 0.15) is 0 Å². The van der Waals surface area contributed by atoms with Gasteiger partial charge in [0.05, 0.1) is 14.1 Å². The van der Waals surface area contributed by atoms with E-state index in [1.165, 1.54) is 0 Å². The van der Waals surface area contributed by atoms with Gasteiger partial charge in [-0.05, 0) is 5.22 Å². The van der Waals surface area contributed by atoms with Gasteiger partial charge in [0.15, 0.2) is 0 Å². The Morgan fingerprint density at radius 2 is 2.17 bits per heavy atom. The van der Waals surface area contributed by atoms with Crippen molar-refractivity contribution in [2.45, 2.75) is 0 Å². The van der Waals surface area contributed by atoms with Crippen LogP contribution < -0.4 is 5.01 Å². The second kappa shape index (κ2) is 2.78. The van der Waals surface area contributed by atoms with Gasteiger partial charge in [-0.1, -0.05) is 0 Å². The molecular weight excluding hydrogens is 78.1 g/mol. The van der Waals surface area contributed by atoms with E-state index in [2.05, 4.69) is 17.4 Å². The Hall–Kier alpha value is -0.440. The maximum atomic E-state index is 3.56. The van der Waals surface area contributed by atoms with Crippen LogP contribution in [-0.2, 0) is 0 Å². The second-order valence-electron chi connectivity index (χ2n) is 1.04. The molecule has 0 fully saturated rings. The molecule has 0 aliphatic heterocycles. The molecule has 1 unspecified atom stereocenters. The highest BCUT2D eigenvalue weighted by atomic mass is 15.5. The number of nitrogens with zero attached hydrogens (tertiary/aromatic N) is 2. The Balaban J connectivity index is 3.03. The Morgan fingerprint density at radius 1 is 1.67 bits per heavy atom. The van der Waals surface area contributed by atoms with E-state index in [1.807, 2.05) is 0 Å². The van der Waals surface area contributed by atoms with Gasteiger partial charge < -0.3 is 5.01 Å². The summed E-state index contributed by atoms with van der Waals surface area (Å²) >= 11 is 0. The summed E-state index contributed by atoms with van der Waals surface area (Å²) in [4.78, 5) is 0. The summed E-state index contributed by atoms with van der Waals surface area (Å²) in [7, 11) is 6.90. The summed E-state index contributed by atoms with van der Waals surface area (Å²) in [6.07, 6.45) is 0. The highest BCUT2D eigenvalue weighted by molar-refractivity contribution is 3.91. The summed E-state index contributed by atoms with van der Waals surface area (Å²) < 4.78 is 0. The molecular formula is C3H9N3. The summed E-state index contributed by atoms with van der Waals surface area (Å²) in [6.45, 7) is 0. The van der Waals surface area contributed by atoms with Crippen molar-refractivity contribution < 1.29 is 5.01 Å². The molecule has 0 aliphatic carbocycles. The van der Waals surface area contributed by atoms with Gasteiger partial charge >= 0.3 is 0 Å². The van der Waals surface area contributed by atoms with Crippen molar-refractivity contribution >= 4 is 0 Å². The van der Waals surface area contributed by atoms with Crippen LogP contribution in [0.3, 0.4) is 0 Å². The fourth-order valence-electron chi connectivity index (χ4n) is 0.171. The van der Waals surface area contributed by atoms with Crippen LogP contribution >= 0.6 is 0 Å². The number of rotatable bonds is 1. The molecule has 0 radical (unpaired) electrons. The lowest BCUT2D eigenvalue weighted by Gasteiger charge is -1.98. The third kappa shape index (κ3) is 3.56. The molecule has 0 aromatic rings. The summed E-state index contributed by atoms with van der Waals surface area (Å²) in [5.41, 5.74) is 0. The van der Waals surface area contributed by atoms with E-state index in [0.29, 0.717) is 0 Å². The van der Waals surface area contributed by atoms with Crippen LogP contribution in [0.4, 0.5) is 0 Å². The van der Waals surface area contributed by atoms with Crippen LogP contribution in [0, 0.1) is 7.05 Å². The average molecular weight is 87.1 g/mol. The summed E-state index contributed by atoms with van der Waals surface area (Å²) in [6, 6.07) is 0. The standard InChI is InChI=1S/C3H9N3/c1-4-5-6(2)3/h6H,2H2,1,3H3. The molecule has 0 aromatic heterocycles. The van der Waals surface area contributed by atoms with Crippen molar-refractivity contribution in [1.29, 1.82) is 0 Å². The van der Waals surface area contributed by atoms with E-state index in [9.17, 15) is 0 Å². The maximum Gasteiger partial charge on any atom is 0.0671 e. The van der Waals surface area contributed by atoms with Gasteiger partial charge in [0.25, 0.3) is 0 Å². The Bertz CT molecular complexity index is 48.0. The van der Waals surface area contributed by atoms with Gasteiger partial charge in [-0.2, -0.15) is 0 Å². The molecule has 1 atom stereocenters. The number of hydrogen-bond donors (Lipinski definition) is 1.